The molecule has 0 bridgehead atoms. The van der Waals surface area contributed by atoms with Crippen LogP contribution in [0.2, 0.25) is 0 Å². The van der Waals surface area contributed by atoms with Crippen LogP contribution < -0.4 is 29.3 Å². The topological polar surface area (TPSA) is 83.6 Å². The Morgan fingerprint density at radius 2 is 1.66 bits per heavy atom. The molecule has 2 heterocycles. The zero-order valence-electron chi connectivity index (χ0n) is 20.9. The van der Waals surface area contributed by atoms with Crippen molar-refractivity contribution in [3.63, 3.8) is 0 Å². The number of ether oxygens (including phenoxy) is 3. The van der Waals surface area contributed by atoms with E-state index in [1.54, 1.807) is 17.0 Å². The average molecular weight is 483 g/mol. The maximum Gasteiger partial charge on any atom is 0.229 e. The third-order valence-corrected chi connectivity index (χ3v) is 6.78. The molecule has 2 fully saturated rings. The molecule has 35 heavy (non-hydrogen) atoms. The number of nitrogens with one attached hydrogen (secondary N) is 1. The number of carbonyl (C=O) groups is 2. The van der Waals surface area contributed by atoms with E-state index in [-0.39, 0.29) is 24.8 Å². The number of anilines is 3. The molecule has 1 unspecified atom stereocenters. The summed E-state index contributed by atoms with van der Waals surface area (Å²) in [4.78, 5) is 32.4. The van der Waals surface area contributed by atoms with Gasteiger partial charge in [0.2, 0.25) is 17.6 Å². The molecule has 9 heteroatoms. The number of para-hydroxylation sites is 2. The van der Waals surface area contributed by atoms with Crippen molar-refractivity contribution in [1.82, 2.24) is 4.90 Å². The minimum atomic E-state index is -0.466. The Morgan fingerprint density at radius 3 is 2.26 bits per heavy atom. The smallest absolute Gasteiger partial charge is 0.229 e. The van der Waals surface area contributed by atoms with Crippen molar-refractivity contribution in [3.8, 4) is 17.2 Å². The van der Waals surface area contributed by atoms with Gasteiger partial charge in [0.1, 0.15) is 0 Å². The Hall–Kier alpha value is -3.46. The third-order valence-electron chi connectivity index (χ3n) is 6.78. The molecular weight excluding hydrogens is 448 g/mol. The van der Waals surface area contributed by atoms with E-state index in [4.69, 9.17) is 14.2 Å². The van der Waals surface area contributed by atoms with Crippen LogP contribution in [-0.2, 0) is 9.59 Å². The molecule has 0 aromatic heterocycles. The maximum atomic E-state index is 13.2. The van der Waals surface area contributed by atoms with Crippen molar-refractivity contribution in [2.24, 2.45) is 5.92 Å². The number of piperazine rings is 1. The molecule has 4 rings (SSSR count). The number of hydrogen-bond donors (Lipinski definition) is 1. The van der Waals surface area contributed by atoms with E-state index in [1.165, 1.54) is 21.3 Å². The van der Waals surface area contributed by atoms with E-state index in [0.717, 1.165) is 44.1 Å². The highest BCUT2D eigenvalue weighted by molar-refractivity contribution is 6.04. The molecule has 0 spiro atoms. The highest BCUT2D eigenvalue weighted by Crippen LogP contribution is 2.42. The van der Waals surface area contributed by atoms with Crippen LogP contribution in [0.4, 0.5) is 17.1 Å². The predicted molar refractivity (Wildman–Crippen MR) is 136 cm³/mol. The monoisotopic (exact) mass is 482 g/mol. The van der Waals surface area contributed by atoms with Gasteiger partial charge in [-0.2, -0.15) is 0 Å². The summed E-state index contributed by atoms with van der Waals surface area (Å²) in [6.07, 6.45) is 0.139. The number of methoxy groups -OCH3 is 3. The van der Waals surface area contributed by atoms with E-state index in [0.29, 0.717) is 22.9 Å². The van der Waals surface area contributed by atoms with Crippen molar-refractivity contribution < 1.29 is 23.8 Å². The molecule has 2 amide bonds. The van der Waals surface area contributed by atoms with Gasteiger partial charge in [0.25, 0.3) is 0 Å². The molecule has 0 aliphatic carbocycles. The van der Waals surface area contributed by atoms with Crippen LogP contribution in [0.15, 0.2) is 36.4 Å². The number of rotatable bonds is 8. The van der Waals surface area contributed by atoms with Crippen LogP contribution in [0, 0.1) is 5.92 Å². The number of hydrogen-bond acceptors (Lipinski definition) is 7. The summed E-state index contributed by atoms with van der Waals surface area (Å²) in [5, 5.41) is 3.09. The van der Waals surface area contributed by atoms with E-state index >= 15 is 0 Å². The normalized spacial score (nSPS) is 18.5. The lowest BCUT2D eigenvalue weighted by molar-refractivity contribution is -0.122. The van der Waals surface area contributed by atoms with Crippen LogP contribution in [0.1, 0.15) is 13.3 Å². The van der Waals surface area contributed by atoms with Crippen LogP contribution >= 0.6 is 0 Å². The number of benzene rings is 2. The predicted octanol–water partition coefficient (Wildman–Crippen LogP) is 2.85. The largest absolute Gasteiger partial charge is 0.493 e. The van der Waals surface area contributed by atoms with E-state index in [9.17, 15) is 9.59 Å². The van der Waals surface area contributed by atoms with Gasteiger partial charge in [0.05, 0.1) is 44.3 Å². The van der Waals surface area contributed by atoms with Gasteiger partial charge in [-0.1, -0.05) is 19.1 Å². The summed E-state index contributed by atoms with van der Waals surface area (Å²) >= 11 is 0. The third kappa shape index (κ3) is 5.14. The summed E-state index contributed by atoms with van der Waals surface area (Å²) < 4.78 is 16.2. The SMILES string of the molecule is CCN1CCN(c2ccccc2NC(=O)C2CC(=O)N(c3cc(OC)c(OC)c(OC)c3)C2)CC1. The summed E-state index contributed by atoms with van der Waals surface area (Å²) in [5.74, 6) is 0.623. The molecule has 0 saturated carbocycles. The minimum Gasteiger partial charge on any atom is -0.493 e. The van der Waals surface area contributed by atoms with Gasteiger partial charge in [-0.3, -0.25) is 9.59 Å². The standard InChI is InChI=1S/C26H34N4O5/c1-5-28-10-12-29(13-11-28)21-9-7-6-8-20(21)27-26(32)18-14-24(31)30(17-18)19-15-22(33-2)25(35-4)23(16-19)34-3/h6-9,15-16,18H,5,10-14,17H2,1-4H3,(H,27,32). The molecule has 2 saturated heterocycles. The fourth-order valence-electron chi connectivity index (χ4n) is 4.75. The Balaban J connectivity index is 1.48. The molecule has 9 nitrogen and oxygen atoms in total. The second-order valence-electron chi connectivity index (χ2n) is 8.72. The van der Waals surface area contributed by atoms with Crippen molar-refractivity contribution in [2.75, 3.05) is 75.7 Å². The van der Waals surface area contributed by atoms with Gasteiger partial charge in [0, 0.05) is 51.3 Å². The molecular formula is C26H34N4O5. The number of nitrogens with zero attached hydrogens (tertiary/aromatic N) is 3. The van der Waals surface area contributed by atoms with Crippen LogP contribution in [0.5, 0.6) is 17.2 Å². The van der Waals surface area contributed by atoms with Crippen LogP contribution in [0.25, 0.3) is 0 Å². The second kappa shape index (κ2) is 10.9. The average Bonchev–Trinajstić information content (AvgIpc) is 3.29. The first-order chi connectivity index (χ1) is 17.0. The zero-order chi connectivity index (χ0) is 24.9. The van der Waals surface area contributed by atoms with Crippen molar-refractivity contribution in [3.05, 3.63) is 36.4 Å². The summed E-state index contributed by atoms with van der Waals surface area (Å²) in [5.41, 5.74) is 2.40. The lowest BCUT2D eigenvalue weighted by Crippen LogP contribution is -2.46. The lowest BCUT2D eigenvalue weighted by atomic mass is 10.1. The van der Waals surface area contributed by atoms with Gasteiger partial charge in [-0.05, 0) is 18.7 Å². The minimum absolute atomic E-state index is 0.122. The molecule has 2 aromatic carbocycles. The number of amides is 2. The Labute approximate surface area is 206 Å². The van der Waals surface area contributed by atoms with Crippen LogP contribution in [0.3, 0.4) is 0 Å². The molecule has 0 radical (unpaired) electrons. The number of carbonyl (C=O) groups excluding carboxylic acids is 2. The highest BCUT2D eigenvalue weighted by atomic mass is 16.5. The highest BCUT2D eigenvalue weighted by Gasteiger charge is 2.36. The van der Waals surface area contributed by atoms with Crippen molar-refractivity contribution in [2.45, 2.75) is 13.3 Å². The summed E-state index contributed by atoms with van der Waals surface area (Å²) in [6, 6.07) is 11.3. The van der Waals surface area contributed by atoms with E-state index < -0.39 is 5.92 Å². The number of likely N-dealkylation sites (N-methyl/N-ethyl adjacent to an activating group) is 1. The fraction of sp³-hybridized carbons (Fsp3) is 0.462. The Kier molecular flexibility index (Phi) is 7.65. The molecule has 188 valence electrons. The van der Waals surface area contributed by atoms with Gasteiger partial charge in [-0.25, -0.2) is 0 Å². The van der Waals surface area contributed by atoms with Crippen LogP contribution in [-0.4, -0.2) is 77.3 Å². The Bertz CT molecular complexity index is 1040. The molecule has 2 aliphatic heterocycles. The lowest BCUT2D eigenvalue weighted by Gasteiger charge is -2.36. The van der Waals surface area contributed by atoms with Gasteiger partial charge in [0.15, 0.2) is 11.5 Å². The quantitative estimate of drug-likeness (QED) is 0.620. The maximum absolute atomic E-state index is 13.2. The van der Waals surface area contributed by atoms with Crippen molar-refractivity contribution in [1.29, 1.82) is 0 Å². The molecule has 1 atom stereocenters. The van der Waals surface area contributed by atoms with E-state index in [2.05, 4.69) is 22.0 Å². The summed E-state index contributed by atoms with van der Waals surface area (Å²) in [7, 11) is 4.59. The van der Waals surface area contributed by atoms with Gasteiger partial charge >= 0.3 is 0 Å². The Morgan fingerprint density at radius 1 is 1.00 bits per heavy atom. The first kappa shape index (κ1) is 24.7. The fourth-order valence-corrected chi connectivity index (χ4v) is 4.75. The van der Waals surface area contributed by atoms with Gasteiger partial charge < -0.3 is 34.2 Å². The first-order valence-electron chi connectivity index (χ1n) is 12.0. The zero-order valence-corrected chi connectivity index (χ0v) is 20.9. The molecule has 2 aromatic rings. The second-order valence-corrected chi connectivity index (χ2v) is 8.72. The van der Waals surface area contributed by atoms with Gasteiger partial charge in [-0.15, -0.1) is 0 Å². The molecule has 2 aliphatic rings. The molecule has 1 N–H and O–H groups in total. The first-order valence-corrected chi connectivity index (χ1v) is 12.0. The van der Waals surface area contributed by atoms with Crippen molar-refractivity contribution >= 4 is 28.9 Å². The summed E-state index contributed by atoms with van der Waals surface area (Å²) in [6.45, 7) is 7.33. The van der Waals surface area contributed by atoms with E-state index in [1.807, 2.05) is 24.3 Å².